The maximum atomic E-state index is 12.5. The van der Waals surface area contributed by atoms with Crippen molar-refractivity contribution < 1.29 is 4.79 Å². The molecule has 0 saturated carbocycles. The molecule has 1 amide bonds. The van der Waals surface area contributed by atoms with E-state index in [4.69, 9.17) is 5.73 Å². The molecule has 1 aliphatic rings. The molecule has 0 aromatic heterocycles. The average molecular weight is 289 g/mol. The van der Waals surface area contributed by atoms with Crippen molar-refractivity contribution >= 4 is 17.3 Å². The van der Waals surface area contributed by atoms with Crippen LogP contribution in [0, 0.1) is 12.8 Å². The van der Waals surface area contributed by atoms with Crippen molar-refractivity contribution in [3.63, 3.8) is 0 Å². The van der Waals surface area contributed by atoms with Crippen LogP contribution in [0.4, 0.5) is 11.4 Å². The number of nitrogens with zero attached hydrogens (tertiary/aromatic N) is 1. The van der Waals surface area contributed by atoms with Crippen molar-refractivity contribution in [3.8, 4) is 0 Å². The summed E-state index contributed by atoms with van der Waals surface area (Å²) in [5, 5.41) is 3.02. The Morgan fingerprint density at radius 1 is 1.38 bits per heavy atom. The summed E-state index contributed by atoms with van der Waals surface area (Å²) in [6.45, 7) is 8.28. The van der Waals surface area contributed by atoms with Gasteiger partial charge in [-0.15, -0.1) is 0 Å². The third-order valence-electron chi connectivity index (χ3n) is 4.50. The fourth-order valence-electron chi connectivity index (χ4n) is 2.85. The van der Waals surface area contributed by atoms with E-state index in [9.17, 15) is 4.79 Å². The molecule has 4 heteroatoms. The molecule has 0 spiro atoms. The van der Waals surface area contributed by atoms with Gasteiger partial charge in [-0.25, -0.2) is 0 Å². The molecule has 1 fully saturated rings. The lowest BCUT2D eigenvalue weighted by Crippen LogP contribution is -2.42. The van der Waals surface area contributed by atoms with Crippen molar-refractivity contribution in [2.75, 3.05) is 24.1 Å². The largest absolute Gasteiger partial charge is 0.399 e. The Labute approximate surface area is 127 Å². The van der Waals surface area contributed by atoms with Gasteiger partial charge in [-0.2, -0.15) is 0 Å². The van der Waals surface area contributed by atoms with E-state index >= 15 is 0 Å². The molecule has 2 unspecified atom stereocenters. The lowest BCUT2D eigenvalue weighted by atomic mass is 10.0. The molecule has 0 bridgehead atoms. The van der Waals surface area contributed by atoms with Crippen molar-refractivity contribution in [3.05, 3.63) is 23.8 Å². The third-order valence-corrected chi connectivity index (χ3v) is 4.50. The van der Waals surface area contributed by atoms with E-state index in [1.54, 1.807) is 0 Å². The number of benzene rings is 1. The summed E-state index contributed by atoms with van der Waals surface area (Å²) in [6, 6.07) is 5.51. The van der Waals surface area contributed by atoms with Crippen molar-refractivity contribution in [1.82, 2.24) is 4.90 Å². The van der Waals surface area contributed by atoms with Gasteiger partial charge in [-0.05, 0) is 69.8 Å². The molecule has 116 valence electrons. The van der Waals surface area contributed by atoms with Crippen LogP contribution >= 0.6 is 0 Å². The van der Waals surface area contributed by atoms with Gasteiger partial charge in [0.2, 0.25) is 5.91 Å². The fourth-order valence-corrected chi connectivity index (χ4v) is 2.85. The van der Waals surface area contributed by atoms with Gasteiger partial charge in [0, 0.05) is 11.4 Å². The summed E-state index contributed by atoms with van der Waals surface area (Å²) < 4.78 is 0. The lowest BCUT2D eigenvalue weighted by Gasteiger charge is -2.27. The molecule has 3 N–H and O–H groups in total. The number of aryl methyl sites for hydroxylation is 1. The summed E-state index contributed by atoms with van der Waals surface area (Å²) in [5.41, 5.74) is 8.32. The highest BCUT2D eigenvalue weighted by atomic mass is 16.2. The van der Waals surface area contributed by atoms with Crippen LogP contribution in [-0.2, 0) is 4.79 Å². The van der Waals surface area contributed by atoms with Crippen LogP contribution in [-0.4, -0.2) is 29.9 Å². The minimum absolute atomic E-state index is 0.0539. The van der Waals surface area contributed by atoms with Gasteiger partial charge in [0.1, 0.15) is 0 Å². The van der Waals surface area contributed by atoms with Gasteiger partial charge in [0.05, 0.1) is 6.04 Å². The minimum Gasteiger partial charge on any atom is -0.399 e. The zero-order chi connectivity index (χ0) is 15.4. The highest BCUT2D eigenvalue weighted by molar-refractivity contribution is 5.95. The molecule has 2 atom stereocenters. The highest BCUT2D eigenvalue weighted by Crippen LogP contribution is 2.21. The Kier molecular flexibility index (Phi) is 5.23. The maximum absolute atomic E-state index is 12.5. The number of hydrogen-bond acceptors (Lipinski definition) is 3. The van der Waals surface area contributed by atoms with Crippen LogP contribution in [0.15, 0.2) is 18.2 Å². The van der Waals surface area contributed by atoms with E-state index in [0.717, 1.165) is 30.3 Å². The second kappa shape index (κ2) is 6.94. The third kappa shape index (κ3) is 4.21. The molecule has 0 aliphatic carbocycles. The van der Waals surface area contributed by atoms with Gasteiger partial charge >= 0.3 is 0 Å². The molecule has 1 aromatic carbocycles. The first-order valence-electron chi connectivity index (χ1n) is 7.88. The number of likely N-dealkylation sites (tertiary alicyclic amines) is 1. The SMILES string of the molecule is Cc1ccc(N)cc1NC(=O)C(C)N1CCCC(C)CC1. The predicted molar refractivity (Wildman–Crippen MR) is 88.3 cm³/mol. The molecule has 1 aliphatic heterocycles. The van der Waals surface area contributed by atoms with E-state index in [0.29, 0.717) is 5.69 Å². The van der Waals surface area contributed by atoms with Gasteiger partial charge in [-0.3, -0.25) is 9.69 Å². The smallest absolute Gasteiger partial charge is 0.241 e. The second-order valence-corrected chi connectivity index (χ2v) is 6.31. The Hall–Kier alpha value is -1.55. The molecule has 2 rings (SSSR count). The summed E-state index contributed by atoms with van der Waals surface area (Å²) in [5.74, 6) is 0.819. The van der Waals surface area contributed by atoms with Crippen LogP contribution in [0.3, 0.4) is 0 Å². The topological polar surface area (TPSA) is 58.4 Å². The van der Waals surface area contributed by atoms with E-state index in [1.165, 1.54) is 19.3 Å². The first-order valence-corrected chi connectivity index (χ1v) is 7.88. The Morgan fingerprint density at radius 2 is 2.14 bits per heavy atom. The second-order valence-electron chi connectivity index (χ2n) is 6.31. The first kappa shape index (κ1) is 15.8. The molecular formula is C17H27N3O. The number of rotatable bonds is 3. The van der Waals surface area contributed by atoms with Gasteiger partial charge < -0.3 is 11.1 Å². The molecule has 1 aromatic rings. The summed E-state index contributed by atoms with van der Waals surface area (Å²) in [7, 11) is 0. The van der Waals surface area contributed by atoms with Crippen LogP contribution in [0.1, 0.15) is 38.7 Å². The van der Waals surface area contributed by atoms with E-state index in [1.807, 2.05) is 32.0 Å². The number of carbonyl (C=O) groups excluding carboxylic acids is 1. The zero-order valence-corrected chi connectivity index (χ0v) is 13.4. The van der Waals surface area contributed by atoms with Gasteiger partial charge in [0.15, 0.2) is 0 Å². The first-order chi connectivity index (χ1) is 9.97. The minimum atomic E-state index is -0.101. The fraction of sp³-hybridized carbons (Fsp3) is 0.588. The lowest BCUT2D eigenvalue weighted by molar-refractivity contribution is -0.120. The number of nitrogens with two attached hydrogens (primary N) is 1. The monoisotopic (exact) mass is 289 g/mol. The van der Waals surface area contributed by atoms with Crippen LogP contribution in [0.25, 0.3) is 0 Å². The van der Waals surface area contributed by atoms with Crippen molar-refractivity contribution in [1.29, 1.82) is 0 Å². The molecule has 1 heterocycles. The Morgan fingerprint density at radius 3 is 2.90 bits per heavy atom. The van der Waals surface area contributed by atoms with Crippen molar-refractivity contribution in [2.45, 2.75) is 46.1 Å². The quantitative estimate of drug-likeness (QED) is 0.841. The van der Waals surface area contributed by atoms with E-state index in [2.05, 4.69) is 17.1 Å². The number of carbonyl (C=O) groups is 1. The summed E-state index contributed by atoms with van der Waals surface area (Å²) >= 11 is 0. The predicted octanol–water partition coefficient (Wildman–Crippen LogP) is 3.03. The molecular weight excluding hydrogens is 262 g/mol. The molecule has 1 saturated heterocycles. The van der Waals surface area contributed by atoms with Crippen LogP contribution in [0.2, 0.25) is 0 Å². The summed E-state index contributed by atoms with van der Waals surface area (Å²) in [6.07, 6.45) is 3.62. The normalized spacial score (nSPS) is 21.6. The van der Waals surface area contributed by atoms with Crippen molar-refractivity contribution in [2.24, 2.45) is 5.92 Å². The molecule has 0 radical (unpaired) electrons. The number of anilines is 2. The van der Waals surface area contributed by atoms with Gasteiger partial charge in [-0.1, -0.05) is 13.0 Å². The Bertz CT molecular complexity index is 501. The average Bonchev–Trinajstić information content (AvgIpc) is 2.67. The van der Waals surface area contributed by atoms with Crippen LogP contribution < -0.4 is 11.1 Å². The number of nitrogen functional groups attached to an aromatic ring is 1. The van der Waals surface area contributed by atoms with Gasteiger partial charge in [0.25, 0.3) is 0 Å². The van der Waals surface area contributed by atoms with E-state index in [-0.39, 0.29) is 11.9 Å². The standard InChI is InChI=1S/C17H27N3O/c1-12-5-4-9-20(10-8-12)14(3)17(21)19-16-11-15(18)7-6-13(16)2/h6-7,11-12,14H,4-5,8-10,18H2,1-3H3,(H,19,21). The molecule has 21 heavy (non-hydrogen) atoms. The molecule has 4 nitrogen and oxygen atoms in total. The summed E-state index contributed by atoms with van der Waals surface area (Å²) in [4.78, 5) is 14.8. The van der Waals surface area contributed by atoms with Crippen LogP contribution in [0.5, 0.6) is 0 Å². The number of nitrogens with one attached hydrogen (secondary N) is 1. The highest BCUT2D eigenvalue weighted by Gasteiger charge is 2.24. The number of hydrogen-bond donors (Lipinski definition) is 2. The maximum Gasteiger partial charge on any atom is 0.241 e. The van der Waals surface area contributed by atoms with E-state index < -0.39 is 0 Å². The Balaban J connectivity index is 2.00. The number of amides is 1. The zero-order valence-electron chi connectivity index (χ0n) is 13.4.